The summed E-state index contributed by atoms with van der Waals surface area (Å²) < 4.78 is 0. The van der Waals surface area contributed by atoms with E-state index in [9.17, 15) is 4.79 Å². The number of carbonyl (C=O) groups excluding carboxylic acids is 1. The van der Waals surface area contributed by atoms with Gasteiger partial charge in [0.15, 0.2) is 0 Å². The number of fused-ring (bicyclic) bond motifs is 1. The number of hydrogen-bond acceptors (Lipinski definition) is 1. The molecule has 0 radical (unpaired) electrons. The predicted octanol–water partition coefficient (Wildman–Crippen LogP) is 2.97. The highest BCUT2D eigenvalue weighted by atomic mass is 35.5. The summed E-state index contributed by atoms with van der Waals surface area (Å²) in [6.07, 6.45) is 2.23. The zero-order valence-electron chi connectivity index (χ0n) is 8.72. The van der Waals surface area contributed by atoms with Crippen LogP contribution in [0.1, 0.15) is 41.6 Å². The molecule has 0 saturated carbocycles. The molecule has 1 aliphatic heterocycles. The molecule has 1 N–H and O–H groups in total. The van der Waals surface area contributed by atoms with Crippen LogP contribution >= 0.6 is 11.6 Å². The minimum atomic E-state index is -0.000136. The maximum absolute atomic E-state index is 11.6. The number of amides is 1. The Morgan fingerprint density at radius 3 is 3.07 bits per heavy atom. The van der Waals surface area contributed by atoms with Crippen LogP contribution in [0.5, 0.6) is 0 Å². The Hall–Kier alpha value is -1.02. The van der Waals surface area contributed by atoms with Gasteiger partial charge in [0.2, 0.25) is 0 Å². The van der Waals surface area contributed by atoms with Crippen molar-refractivity contribution in [2.24, 2.45) is 0 Å². The fourth-order valence-electron chi connectivity index (χ4n) is 2.11. The minimum absolute atomic E-state index is 0.000136. The molecule has 0 bridgehead atoms. The minimum Gasteiger partial charge on any atom is -0.351 e. The van der Waals surface area contributed by atoms with E-state index < -0.39 is 0 Å². The standard InChI is InChI=1S/C12H14ClNO/c1-2-3-8-7-14-12(15)11-6-9(13)4-5-10(8)11/h4-6,8H,2-3,7H2,1H3,(H,14,15). The number of nitrogens with one attached hydrogen (secondary N) is 1. The van der Waals surface area contributed by atoms with Crippen molar-refractivity contribution in [2.45, 2.75) is 25.7 Å². The molecule has 2 rings (SSSR count). The Labute approximate surface area is 94.6 Å². The van der Waals surface area contributed by atoms with Gasteiger partial charge >= 0.3 is 0 Å². The maximum Gasteiger partial charge on any atom is 0.251 e. The van der Waals surface area contributed by atoms with E-state index in [2.05, 4.69) is 12.2 Å². The molecule has 0 saturated heterocycles. The molecule has 1 aromatic rings. The first kappa shape index (κ1) is 10.5. The molecule has 1 aliphatic rings. The molecular formula is C12H14ClNO. The quantitative estimate of drug-likeness (QED) is 0.821. The third-order valence-electron chi connectivity index (χ3n) is 2.85. The van der Waals surface area contributed by atoms with Crippen molar-refractivity contribution in [3.8, 4) is 0 Å². The average Bonchev–Trinajstić information content (AvgIpc) is 2.23. The summed E-state index contributed by atoms with van der Waals surface area (Å²) in [6.45, 7) is 2.91. The third-order valence-corrected chi connectivity index (χ3v) is 3.08. The molecular weight excluding hydrogens is 210 g/mol. The maximum atomic E-state index is 11.6. The average molecular weight is 224 g/mol. The summed E-state index contributed by atoms with van der Waals surface area (Å²) in [5.74, 6) is 0.444. The molecule has 0 aromatic heterocycles. The summed E-state index contributed by atoms with van der Waals surface area (Å²) in [5, 5.41) is 3.53. The third kappa shape index (κ3) is 2.00. The lowest BCUT2D eigenvalue weighted by Crippen LogP contribution is -2.34. The lowest BCUT2D eigenvalue weighted by molar-refractivity contribution is 0.0939. The van der Waals surface area contributed by atoms with E-state index >= 15 is 0 Å². The molecule has 3 heteroatoms. The molecule has 1 aromatic carbocycles. The fraction of sp³-hybridized carbons (Fsp3) is 0.417. The Bertz CT molecular complexity index is 389. The van der Waals surface area contributed by atoms with E-state index in [1.54, 1.807) is 6.07 Å². The number of halogens is 1. The van der Waals surface area contributed by atoms with E-state index in [-0.39, 0.29) is 5.91 Å². The molecule has 1 amide bonds. The van der Waals surface area contributed by atoms with Crippen molar-refractivity contribution in [1.82, 2.24) is 5.32 Å². The van der Waals surface area contributed by atoms with Crippen molar-refractivity contribution in [3.05, 3.63) is 34.3 Å². The summed E-state index contributed by atoms with van der Waals surface area (Å²) in [4.78, 5) is 11.6. The lowest BCUT2D eigenvalue weighted by atomic mass is 9.87. The highest BCUT2D eigenvalue weighted by Gasteiger charge is 2.24. The van der Waals surface area contributed by atoms with Crippen molar-refractivity contribution < 1.29 is 4.79 Å². The van der Waals surface area contributed by atoms with E-state index in [1.807, 2.05) is 12.1 Å². The van der Waals surface area contributed by atoms with Crippen LogP contribution in [0.2, 0.25) is 5.02 Å². The highest BCUT2D eigenvalue weighted by Crippen LogP contribution is 2.29. The second-order valence-electron chi connectivity index (χ2n) is 3.93. The largest absolute Gasteiger partial charge is 0.351 e. The molecule has 1 unspecified atom stereocenters. The summed E-state index contributed by atoms with van der Waals surface area (Å²) in [6, 6.07) is 5.60. The Morgan fingerprint density at radius 2 is 2.33 bits per heavy atom. The van der Waals surface area contributed by atoms with Crippen molar-refractivity contribution >= 4 is 17.5 Å². The topological polar surface area (TPSA) is 29.1 Å². The van der Waals surface area contributed by atoms with Crippen LogP contribution in [-0.4, -0.2) is 12.5 Å². The van der Waals surface area contributed by atoms with Crippen LogP contribution in [-0.2, 0) is 0 Å². The van der Waals surface area contributed by atoms with Crippen molar-refractivity contribution in [3.63, 3.8) is 0 Å². The molecule has 15 heavy (non-hydrogen) atoms. The van der Waals surface area contributed by atoms with Crippen LogP contribution in [0.4, 0.5) is 0 Å². The van der Waals surface area contributed by atoms with Gasteiger partial charge in [-0.3, -0.25) is 4.79 Å². The predicted molar refractivity (Wildman–Crippen MR) is 61.4 cm³/mol. The van der Waals surface area contributed by atoms with Crippen LogP contribution in [0, 0.1) is 0 Å². The van der Waals surface area contributed by atoms with Gasteiger partial charge in [-0.25, -0.2) is 0 Å². The smallest absolute Gasteiger partial charge is 0.251 e. The first-order valence-electron chi connectivity index (χ1n) is 5.30. The van der Waals surface area contributed by atoms with Crippen LogP contribution < -0.4 is 5.32 Å². The molecule has 2 nitrogen and oxygen atoms in total. The Morgan fingerprint density at radius 1 is 1.53 bits per heavy atom. The summed E-state index contributed by atoms with van der Waals surface area (Å²) in [7, 11) is 0. The Kier molecular flexibility index (Phi) is 2.96. The number of benzene rings is 1. The first-order chi connectivity index (χ1) is 7.22. The second kappa shape index (κ2) is 4.23. The van der Waals surface area contributed by atoms with Crippen LogP contribution in [0.15, 0.2) is 18.2 Å². The Balaban J connectivity index is 2.41. The van der Waals surface area contributed by atoms with Gasteiger partial charge in [-0.2, -0.15) is 0 Å². The molecule has 1 atom stereocenters. The molecule has 0 fully saturated rings. The van der Waals surface area contributed by atoms with E-state index in [1.165, 1.54) is 0 Å². The molecule has 0 aliphatic carbocycles. The second-order valence-corrected chi connectivity index (χ2v) is 4.36. The zero-order chi connectivity index (χ0) is 10.8. The monoisotopic (exact) mass is 223 g/mol. The van der Waals surface area contributed by atoms with E-state index in [4.69, 9.17) is 11.6 Å². The zero-order valence-corrected chi connectivity index (χ0v) is 9.47. The first-order valence-corrected chi connectivity index (χ1v) is 5.67. The number of rotatable bonds is 2. The van der Waals surface area contributed by atoms with E-state index in [0.29, 0.717) is 10.9 Å². The SMILES string of the molecule is CCCC1CNC(=O)c2cc(Cl)ccc21. The normalized spacial score (nSPS) is 19.6. The highest BCUT2D eigenvalue weighted by molar-refractivity contribution is 6.31. The van der Waals surface area contributed by atoms with Crippen molar-refractivity contribution in [2.75, 3.05) is 6.54 Å². The van der Waals surface area contributed by atoms with Gasteiger partial charge in [0.05, 0.1) is 0 Å². The molecule has 1 heterocycles. The number of hydrogen-bond donors (Lipinski definition) is 1. The molecule has 80 valence electrons. The number of carbonyl (C=O) groups is 1. The summed E-state index contributed by atoms with van der Waals surface area (Å²) in [5.41, 5.74) is 1.89. The van der Waals surface area contributed by atoms with Gasteiger partial charge in [-0.05, 0) is 24.1 Å². The van der Waals surface area contributed by atoms with Gasteiger partial charge in [-0.15, -0.1) is 0 Å². The van der Waals surface area contributed by atoms with Gasteiger partial charge in [0.25, 0.3) is 5.91 Å². The van der Waals surface area contributed by atoms with Crippen molar-refractivity contribution in [1.29, 1.82) is 0 Å². The molecule has 0 spiro atoms. The van der Waals surface area contributed by atoms with E-state index in [0.717, 1.165) is 30.5 Å². The van der Waals surface area contributed by atoms with Crippen LogP contribution in [0.25, 0.3) is 0 Å². The van der Waals surface area contributed by atoms with Gasteiger partial charge in [0.1, 0.15) is 0 Å². The van der Waals surface area contributed by atoms with Gasteiger partial charge < -0.3 is 5.32 Å². The summed E-state index contributed by atoms with van der Waals surface area (Å²) >= 11 is 5.89. The lowest BCUT2D eigenvalue weighted by Gasteiger charge is -2.25. The van der Waals surface area contributed by atoms with Gasteiger partial charge in [0, 0.05) is 23.0 Å². The van der Waals surface area contributed by atoms with Gasteiger partial charge in [-0.1, -0.05) is 31.0 Å². The van der Waals surface area contributed by atoms with Crippen LogP contribution in [0.3, 0.4) is 0 Å². The fourth-order valence-corrected chi connectivity index (χ4v) is 2.28.